The number of hydrazone groups is 1. The van der Waals surface area contributed by atoms with Crippen molar-refractivity contribution in [2.24, 2.45) is 5.10 Å². The van der Waals surface area contributed by atoms with Crippen LogP contribution in [0.1, 0.15) is 16.1 Å². The van der Waals surface area contributed by atoms with Gasteiger partial charge in [0.05, 0.1) is 18.3 Å². The highest BCUT2D eigenvalue weighted by atomic mass is 16.3. The van der Waals surface area contributed by atoms with Crippen molar-refractivity contribution < 1.29 is 9.90 Å². The van der Waals surface area contributed by atoms with Crippen LogP contribution in [0, 0.1) is 0 Å². The summed E-state index contributed by atoms with van der Waals surface area (Å²) in [6.07, 6.45) is 1.58. The zero-order valence-corrected chi connectivity index (χ0v) is 14.5. The number of para-hydroxylation sites is 1. The Morgan fingerprint density at radius 3 is 2.69 bits per heavy atom. The number of amides is 1. The predicted molar refractivity (Wildman–Crippen MR) is 104 cm³/mol. The van der Waals surface area contributed by atoms with Crippen molar-refractivity contribution >= 4 is 28.7 Å². The van der Waals surface area contributed by atoms with Gasteiger partial charge in [-0.1, -0.05) is 36.4 Å². The summed E-state index contributed by atoms with van der Waals surface area (Å²) in [6.45, 7) is 0.677. The summed E-state index contributed by atoms with van der Waals surface area (Å²) in [5, 5.41) is 13.9. The number of fused-ring (bicyclic) bond motifs is 1. The van der Waals surface area contributed by atoms with Crippen LogP contribution in [0.2, 0.25) is 0 Å². The molecule has 0 fully saturated rings. The van der Waals surface area contributed by atoms with E-state index in [-0.39, 0.29) is 12.5 Å². The van der Waals surface area contributed by atoms with Gasteiger partial charge in [-0.2, -0.15) is 5.10 Å². The predicted octanol–water partition coefficient (Wildman–Crippen LogP) is 2.43. The van der Waals surface area contributed by atoms with Gasteiger partial charge in [0.25, 0.3) is 5.91 Å². The number of hydrogen-bond acceptors (Lipinski definition) is 5. The van der Waals surface area contributed by atoms with E-state index in [1.54, 1.807) is 12.3 Å². The molecule has 3 rings (SSSR count). The highest BCUT2D eigenvalue weighted by Gasteiger charge is 2.06. The first-order valence-electron chi connectivity index (χ1n) is 8.28. The fourth-order valence-electron chi connectivity index (χ4n) is 2.51. The molecule has 0 atom stereocenters. The monoisotopic (exact) mass is 348 g/mol. The van der Waals surface area contributed by atoms with E-state index >= 15 is 0 Å². The van der Waals surface area contributed by atoms with Gasteiger partial charge < -0.3 is 10.0 Å². The van der Waals surface area contributed by atoms with E-state index in [2.05, 4.69) is 15.5 Å². The third kappa shape index (κ3) is 4.23. The summed E-state index contributed by atoms with van der Waals surface area (Å²) < 4.78 is 0. The molecule has 2 aromatic carbocycles. The Balaban J connectivity index is 1.62. The van der Waals surface area contributed by atoms with Crippen molar-refractivity contribution in [1.82, 2.24) is 10.4 Å². The van der Waals surface area contributed by atoms with Crippen LogP contribution in [0.15, 0.2) is 65.8 Å². The molecule has 2 N–H and O–H groups in total. The number of pyridine rings is 1. The Hall–Kier alpha value is -3.25. The molecule has 0 spiro atoms. The van der Waals surface area contributed by atoms with Gasteiger partial charge in [-0.15, -0.1) is 0 Å². The Morgan fingerprint density at radius 1 is 1.15 bits per heavy atom. The van der Waals surface area contributed by atoms with E-state index in [1.165, 1.54) is 0 Å². The molecule has 0 unspecified atom stereocenters. The topological polar surface area (TPSA) is 77.8 Å². The van der Waals surface area contributed by atoms with Gasteiger partial charge in [-0.05, 0) is 29.8 Å². The van der Waals surface area contributed by atoms with Gasteiger partial charge in [0.1, 0.15) is 5.69 Å². The first-order chi connectivity index (χ1) is 12.7. The molecule has 0 aliphatic carbocycles. The van der Waals surface area contributed by atoms with E-state index < -0.39 is 0 Å². The van der Waals surface area contributed by atoms with Crippen LogP contribution in [0.3, 0.4) is 0 Å². The molecule has 3 aromatic rings. The minimum atomic E-state index is -0.355. The number of carbonyl (C=O) groups is 1. The Kier molecular flexibility index (Phi) is 5.56. The lowest BCUT2D eigenvalue weighted by atomic mass is 10.2. The summed E-state index contributed by atoms with van der Waals surface area (Å²) in [5.74, 6) is -0.355. The number of aliphatic hydroxyl groups excluding tert-OH is 1. The maximum absolute atomic E-state index is 12.2. The van der Waals surface area contributed by atoms with Crippen LogP contribution in [0.5, 0.6) is 0 Å². The number of hydrogen-bond donors (Lipinski definition) is 2. The molecule has 6 nitrogen and oxygen atoms in total. The van der Waals surface area contributed by atoms with Crippen LogP contribution in [0.4, 0.5) is 5.69 Å². The molecule has 0 saturated heterocycles. The van der Waals surface area contributed by atoms with Gasteiger partial charge in [0.2, 0.25) is 0 Å². The number of aromatic nitrogens is 1. The Labute approximate surface area is 151 Å². The molecule has 0 saturated carbocycles. The highest BCUT2D eigenvalue weighted by Crippen LogP contribution is 2.13. The van der Waals surface area contributed by atoms with Gasteiger partial charge >= 0.3 is 0 Å². The highest BCUT2D eigenvalue weighted by molar-refractivity contribution is 5.95. The summed E-state index contributed by atoms with van der Waals surface area (Å²) in [7, 11) is 1.91. The van der Waals surface area contributed by atoms with Gasteiger partial charge in [-0.3, -0.25) is 4.79 Å². The number of rotatable bonds is 6. The molecule has 132 valence electrons. The molecule has 1 heterocycles. The molecule has 0 aliphatic heterocycles. The first-order valence-corrected chi connectivity index (χ1v) is 8.28. The second-order valence-corrected chi connectivity index (χ2v) is 5.83. The maximum Gasteiger partial charge on any atom is 0.289 e. The zero-order chi connectivity index (χ0) is 18.4. The van der Waals surface area contributed by atoms with E-state index in [1.807, 2.05) is 66.5 Å². The van der Waals surface area contributed by atoms with Crippen molar-refractivity contribution in [3.63, 3.8) is 0 Å². The van der Waals surface area contributed by atoms with E-state index in [4.69, 9.17) is 5.11 Å². The fourth-order valence-corrected chi connectivity index (χ4v) is 2.51. The van der Waals surface area contributed by atoms with Crippen molar-refractivity contribution in [1.29, 1.82) is 0 Å². The second kappa shape index (κ2) is 8.22. The van der Waals surface area contributed by atoms with Crippen molar-refractivity contribution in [2.45, 2.75) is 0 Å². The Morgan fingerprint density at radius 2 is 1.92 bits per heavy atom. The molecule has 0 bridgehead atoms. The van der Waals surface area contributed by atoms with Crippen molar-refractivity contribution in [3.8, 4) is 0 Å². The number of carbonyl (C=O) groups excluding carboxylic acids is 1. The molecule has 6 heteroatoms. The number of anilines is 1. The summed E-state index contributed by atoms with van der Waals surface area (Å²) in [5.41, 5.74) is 5.45. The second-order valence-electron chi connectivity index (χ2n) is 5.83. The molecule has 0 aliphatic rings. The smallest absolute Gasteiger partial charge is 0.289 e. The van der Waals surface area contributed by atoms with Crippen LogP contribution in [-0.4, -0.2) is 42.4 Å². The minimum absolute atomic E-state index is 0.106. The van der Waals surface area contributed by atoms with Gasteiger partial charge in [0, 0.05) is 24.7 Å². The van der Waals surface area contributed by atoms with Crippen molar-refractivity contribution in [2.75, 3.05) is 25.1 Å². The lowest BCUT2D eigenvalue weighted by Gasteiger charge is -2.17. The number of nitrogens with zero attached hydrogens (tertiary/aromatic N) is 3. The fraction of sp³-hybridized carbons (Fsp3) is 0.150. The summed E-state index contributed by atoms with van der Waals surface area (Å²) in [4.78, 5) is 18.5. The standard InChI is InChI=1S/C20H20N4O2/c1-24(12-13-25)17-9-6-15(7-10-17)14-21-23-20(26)19-11-8-16-4-2-3-5-18(16)22-19/h2-11,14,25H,12-13H2,1H3,(H,23,26). The Bertz CT molecular complexity index is 923. The first kappa shape index (κ1) is 17.6. The average Bonchev–Trinajstić information content (AvgIpc) is 2.68. The number of nitrogens with one attached hydrogen (secondary N) is 1. The van der Waals surface area contributed by atoms with E-state index in [9.17, 15) is 4.79 Å². The SMILES string of the molecule is CN(CCO)c1ccc(C=NNC(=O)c2ccc3ccccc3n2)cc1. The molecular formula is C20H20N4O2. The molecule has 1 amide bonds. The lowest BCUT2D eigenvalue weighted by molar-refractivity contribution is 0.0950. The molecule has 1 aromatic heterocycles. The maximum atomic E-state index is 12.2. The third-order valence-electron chi connectivity index (χ3n) is 3.98. The van der Waals surface area contributed by atoms with Crippen LogP contribution >= 0.6 is 0 Å². The van der Waals surface area contributed by atoms with Gasteiger partial charge in [0.15, 0.2) is 0 Å². The lowest BCUT2D eigenvalue weighted by Crippen LogP contribution is -2.21. The van der Waals surface area contributed by atoms with Crippen LogP contribution < -0.4 is 10.3 Å². The average molecular weight is 348 g/mol. The van der Waals surface area contributed by atoms with Crippen molar-refractivity contribution in [3.05, 3.63) is 71.9 Å². The summed E-state index contributed by atoms with van der Waals surface area (Å²) in [6, 6.07) is 18.8. The normalized spacial score (nSPS) is 11.0. The molecular weight excluding hydrogens is 328 g/mol. The zero-order valence-electron chi connectivity index (χ0n) is 14.5. The third-order valence-corrected chi connectivity index (χ3v) is 3.98. The quantitative estimate of drug-likeness (QED) is 0.530. The minimum Gasteiger partial charge on any atom is -0.395 e. The van der Waals surface area contributed by atoms with E-state index in [0.717, 1.165) is 22.2 Å². The van der Waals surface area contributed by atoms with Crippen LogP contribution in [-0.2, 0) is 0 Å². The van der Waals surface area contributed by atoms with Crippen LogP contribution in [0.25, 0.3) is 10.9 Å². The molecule has 0 radical (unpaired) electrons. The van der Waals surface area contributed by atoms with E-state index in [0.29, 0.717) is 12.2 Å². The molecule has 26 heavy (non-hydrogen) atoms. The van der Waals surface area contributed by atoms with Gasteiger partial charge in [-0.25, -0.2) is 10.4 Å². The largest absolute Gasteiger partial charge is 0.395 e. The number of aliphatic hydroxyl groups is 1. The number of likely N-dealkylation sites (N-methyl/N-ethyl adjacent to an activating group) is 1. The number of benzene rings is 2. The summed E-state index contributed by atoms with van der Waals surface area (Å²) >= 11 is 0.